The highest BCUT2D eigenvalue weighted by Crippen LogP contribution is 2.22. The monoisotopic (exact) mass is 490 g/mol. The van der Waals surface area contributed by atoms with E-state index in [0.717, 1.165) is 34.0 Å². The van der Waals surface area contributed by atoms with Gasteiger partial charge in [0.15, 0.2) is 5.96 Å². The topological polar surface area (TPSA) is 123 Å². The number of thioether (sulfide) groups is 1. The molecule has 5 N–H and O–H groups in total. The molecular formula is C25H26N6OS2. The molecule has 4 rings (SSSR count). The van der Waals surface area contributed by atoms with Crippen LogP contribution in [0.25, 0.3) is 11.1 Å². The summed E-state index contributed by atoms with van der Waals surface area (Å²) >= 11 is 3.13. The Hall–Kier alpha value is -3.43. The van der Waals surface area contributed by atoms with Crippen LogP contribution in [0.2, 0.25) is 0 Å². The smallest absolute Gasteiger partial charge is 0.254 e. The van der Waals surface area contributed by atoms with Crippen molar-refractivity contribution in [3.63, 3.8) is 0 Å². The number of hydrogen-bond acceptors (Lipinski definition) is 6. The fourth-order valence-corrected chi connectivity index (χ4v) is 5.17. The number of benzene rings is 2. The van der Waals surface area contributed by atoms with E-state index in [9.17, 15) is 4.79 Å². The molecule has 2 heterocycles. The Balaban J connectivity index is 1.33. The number of thiazole rings is 1. The van der Waals surface area contributed by atoms with Crippen LogP contribution in [0.5, 0.6) is 0 Å². The summed E-state index contributed by atoms with van der Waals surface area (Å²) in [5, 5.41) is 2.50. The van der Waals surface area contributed by atoms with Gasteiger partial charge in [0.25, 0.3) is 5.56 Å². The number of aliphatic imine (C=N–C) groups is 1. The third-order valence-corrected chi connectivity index (χ3v) is 6.99. The summed E-state index contributed by atoms with van der Waals surface area (Å²) in [4.78, 5) is 28.7. The van der Waals surface area contributed by atoms with Gasteiger partial charge in [-0.1, -0.05) is 54.6 Å². The van der Waals surface area contributed by atoms with Crippen molar-refractivity contribution in [3.8, 4) is 11.1 Å². The third kappa shape index (κ3) is 6.33. The molecule has 9 heteroatoms. The highest BCUT2D eigenvalue weighted by atomic mass is 32.2. The molecule has 0 aliphatic carbocycles. The van der Waals surface area contributed by atoms with Gasteiger partial charge in [-0.2, -0.15) is 16.8 Å². The van der Waals surface area contributed by atoms with Crippen LogP contribution in [0, 0.1) is 6.92 Å². The number of rotatable bonds is 9. The van der Waals surface area contributed by atoms with Crippen LogP contribution >= 0.6 is 23.1 Å². The van der Waals surface area contributed by atoms with Crippen molar-refractivity contribution >= 4 is 34.2 Å². The largest absolute Gasteiger partial charge is 0.370 e. The lowest BCUT2D eigenvalue weighted by Gasteiger charge is -2.08. The number of guanidine groups is 1. The average molecular weight is 491 g/mol. The first kappa shape index (κ1) is 23.7. The van der Waals surface area contributed by atoms with E-state index in [1.165, 1.54) is 16.9 Å². The maximum atomic E-state index is 12.8. The second-order valence-corrected chi connectivity index (χ2v) is 9.72. The fourth-order valence-electron chi connectivity index (χ4n) is 3.51. The molecular weight excluding hydrogens is 464 g/mol. The standard InChI is InChI=1S/C25H26N6OS2/c1-16-21(13-17-7-9-19(10-8-17)18-5-3-2-4-6-18)23(32)30-22(28-16)11-12-33-14-20-15-34-25(29-20)31-24(26)27/h2-10,15H,11-14H2,1H3,(H,28,30,32)(H4,26,27,29,31). The molecule has 0 unspecified atom stereocenters. The van der Waals surface area contributed by atoms with Gasteiger partial charge in [0.1, 0.15) is 5.82 Å². The molecule has 0 bridgehead atoms. The van der Waals surface area contributed by atoms with Crippen LogP contribution in [-0.4, -0.2) is 26.7 Å². The summed E-state index contributed by atoms with van der Waals surface area (Å²) in [5.41, 5.74) is 16.5. The second-order valence-electron chi connectivity index (χ2n) is 7.78. The SMILES string of the molecule is Cc1nc(CCSCc2csc(N=C(N)N)n2)[nH]c(=O)c1Cc1ccc(-c2ccccc2)cc1. The first-order valence-corrected chi connectivity index (χ1v) is 12.9. The molecule has 0 atom stereocenters. The van der Waals surface area contributed by atoms with Gasteiger partial charge in [-0.05, 0) is 23.6 Å². The molecule has 174 valence electrons. The average Bonchev–Trinajstić information content (AvgIpc) is 3.26. The van der Waals surface area contributed by atoms with E-state index in [0.29, 0.717) is 29.4 Å². The molecule has 0 amide bonds. The molecule has 0 radical (unpaired) electrons. The minimum absolute atomic E-state index is 0.00611. The molecule has 0 fully saturated rings. The van der Waals surface area contributed by atoms with E-state index in [-0.39, 0.29) is 11.5 Å². The quantitative estimate of drug-likeness (QED) is 0.184. The minimum atomic E-state index is -0.0685. The zero-order valence-corrected chi connectivity index (χ0v) is 20.5. The number of aromatic nitrogens is 3. The predicted octanol–water partition coefficient (Wildman–Crippen LogP) is 4.17. The Kier molecular flexibility index (Phi) is 7.76. The predicted molar refractivity (Wildman–Crippen MR) is 142 cm³/mol. The van der Waals surface area contributed by atoms with Gasteiger partial charge in [-0.25, -0.2) is 9.97 Å². The van der Waals surface area contributed by atoms with E-state index in [1.807, 2.05) is 30.5 Å². The van der Waals surface area contributed by atoms with E-state index in [2.05, 4.69) is 56.3 Å². The molecule has 4 aromatic rings. The Morgan fingerprint density at radius 1 is 1.06 bits per heavy atom. The number of aryl methyl sites for hydroxylation is 2. The number of hydrogen-bond donors (Lipinski definition) is 3. The van der Waals surface area contributed by atoms with Crippen LogP contribution in [-0.2, 0) is 18.6 Å². The van der Waals surface area contributed by atoms with Gasteiger partial charge in [-0.3, -0.25) is 4.79 Å². The summed E-state index contributed by atoms with van der Waals surface area (Å²) in [6, 6.07) is 18.6. The number of nitrogens with zero attached hydrogens (tertiary/aromatic N) is 3. The molecule has 2 aromatic carbocycles. The summed E-state index contributed by atoms with van der Waals surface area (Å²) < 4.78 is 0. The van der Waals surface area contributed by atoms with Crippen LogP contribution < -0.4 is 17.0 Å². The summed E-state index contributed by atoms with van der Waals surface area (Å²) in [7, 11) is 0. The highest BCUT2D eigenvalue weighted by Gasteiger charge is 2.10. The van der Waals surface area contributed by atoms with Gasteiger partial charge in [-0.15, -0.1) is 11.3 Å². The van der Waals surface area contributed by atoms with Gasteiger partial charge < -0.3 is 16.5 Å². The van der Waals surface area contributed by atoms with E-state index in [4.69, 9.17) is 11.5 Å². The Bertz CT molecular complexity index is 1330. The minimum Gasteiger partial charge on any atom is -0.370 e. The lowest BCUT2D eigenvalue weighted by molar-refractivity contribution is 0.874. The molecule has 0 aliphatic heterocycles. The first-order valence-electron chi connectivity index (χ1n) is 10.8. The zero-order chi connectivity index (χ0) is 23.9. The van der Waals surface area contributed by atoms with Crippen molar-refractivity contribution in [1.82, 2.24) is 15.0 Å². The molecule has 34 heavy (non-hydrogen) atoms. The lowest BCUT2D eigenvalue weighted by atomic mass is 10.0. The molecule has 7 nitrogen and oxygen atoms in total. The maximum Gasteiger partial charge on any atom is 0.254 e. The Labute approximate surface area is 206 Å². The zero-order valence-electron chi connectivity index (χ0n) is 18.8. The Morgan fingerprint density at radius 2 is 1.79 bits per heavy atom. The van der Waals surface area contributed by atoms with Gasteiger partial charge >= 0.3 is 0 Å². The molecule has 0 saturated heterocycles. The van der Waals surface area contributed by atoms with E-state index < -0.39 is 0 Å². The van der Waals surface area contributed by atoms with Crippen molar-refractivity contribution in [1.29, 1.82) is 0 Å². The highest BCUT2D eigenvalue weighted by molar-refractivity contribution is 7.98. The summed E-state index contributed by atoms with van der Waals surface area (Å²) in [6.45, 7) is 1.90. The van der Waals surface area contributed by atoms with Gasteiger partial charge in [0.05, 0.1) is 5.69 Å². The van der Waals surface area contributed by atoms with Crippen LogP contribution in [0.4, 0.5) is 5.13 Å². The van der Waals surface area contributed by atoms with Crippen molar-refractivity contribution < 1.29 is 0 Å². The van der Waals surface area contributed by atoms with Gasteiger partial charge in [0, 0.05) is 41.0 Å². The third-order valence-electron chi connectivity index (χ3n) is 5.21. The van der Waals surface area contributed by atoms with Crippen molar-refractivity contribution in [2.75, 3.05) is 5.75 Å². The number of nitrogens with one attached hydrogen (secondary N) is 1. The van der Waals surface area contributed by atoms with E-state index in [1.54, 1.807) is 11.8 Å². The molecule has 0 saturated carbocycles. The summed E-state index contributed by atoms with van der Waals surface area (Å²) in [6.07, 6.45) is 1.23. The number of aromatic amines is 1. The molecule has 0 spiro atoms. The number of nitrogens with two attached hydrogens (primary N) is 2. The van der Waals surface area contributed by atoms with Gasteiger partial charge in [0.2, 0.25) is 5.13 Å². The Morgan fingerprint density at radius 3 is 2.50 bits per heavy atom. The maximum absolute atomic E-state index is 12.8. The van der Waals surface area contributed by atoms with Crippen molar-refractivity contribution in [3.05, 3.63) is 98.7 Å². The summed E-state index contributed by atoms with van der Waals surface area (Å²) in [5.74, 6) is 2.28. The lowest BCUT2D eigenvalue weighted by Crippen LogP contribution is -2.21. The van der Waals surface area contributed by atoms with Crippen LogP contribution in [0.3, 0.4) is 0 Å². The normalized spacial score (nSPS) is 10.9. The molecule has 0 aliphatic rings. The van der Waals surface area contributed by atoms with E-state index >= 15 is 0 Å². The van der Waals surface area contributed by atoms with Crippen molar-refractivity contribution in [2.24, 2.45) is 16.5 Å². The second kappa shape index (κ2) is 11.1. The number of H-pyrrole nitrogens is 1. The van der Waals surface area contributed by atoms with Crippen LogP contribution in [0.15, 0.2) is 69.8 Å². The first-order chi connectivity index (χ1) is 16.5. The fraction of sp³-hybridized carbons (Fsp3) is 0.200. The van der Waals surface area contributed by atoms with Crippen molar-refractivity contribution in [2.45, 2.75) is 25.5 Å². The molecule has 2 aromatic heterocycles. The van der Waals surface area contributed by atoms with Crippen LogP contribution in [0.1, 0.15) is 28.3 Å².